The molecule has 3 atom stereocenters. The molecule has 1 aliphatic heterocycles. The van der Waals surface area contributed by atoms with E-state index in [2.05, 4.69) is 10.3 Å². The van der Waals surface area contributed by atoms with E-state index < -0.39 is 22.0 Å². The Labute approximate surface area is 237 Å². The van der Waals surface area contributed by atoms with Crippen LogP contribution in [0, 0.1) is 11.8 Å². The average molecular weight is 624 g/mol. The van der Waals surface area contributed by atoms with E-state index in [1.807, 2.05) is 30.9 Å². The molecule has 214 valence electrons. The monoisotopic (exact) mass is 624 g/mol. The summed E-state index contributed by atoms with van der Waals surface area (Å²) < 4.78 is 27.3. The van der Waals surface area contributed by atoms with Crippen molar-refractivity contribution in [3.05, 3.63) is 45.9 Å². The predicted molar refractivity (Wildman–Crippen MR) is 151 cm³/mol. The maximum atomic E-state index is 12.6. The van der Waals surface area contributed by atoms with Crippen molar-refractivity contribution in [1.29, 1.82) is 0 Å². The first-order valence-corrected chi connectivity index (χ1v) is 17.0. The van der Waals surface area contributed by atoms with Crippen LogP contribution in [0.3, 0.4) is 0 Å². The van der Waals surface area contributed by atoms with Gasteiger partial charge in [-0.3, -0.25) is 4.79 Å². The summed E-state index contributed by atoms with van der Waals surface area (Å²) in [4.78, 5) is 41.5. The average Bonchev–Trinajstić information content (AvgIpc) is 3.47. The van der Waals surface area contributed by atoms with E-state index in [9.17, 15) is 22.8 Å². The van der Waals surface area contributed by atoms with E-state index in [1.54, 1.807) is 12.1 Å². The molecule has 2 amide bonds. The Kier molecular flexibility index (Phi) is 11.9. The third kappa shape index (κ3) is 9.10. The van der Waals surface area contributed by atoms with E-state index >= 15 is 0 Å². The van der Waals surface area contributed by atoms with Gasteiger partial charge in [0.25, 0.3) is 10.0 Å². The molecule has 2 aromatic heterocycles. The molecule has 1 saturated carbocycles. The van der Waals surface area contributed by atoms with E-state index in [-0.39, 0.29) is 49.7 Å². The summed E-state index contributed by atoms with van der Waals surface area (Å²) in [6.45, 7) is 3.66. The number of amides is 2. The SMILES string of the molecule is CC1CCCC(C)N(S(=O)(=O)c2ccccn2)CC1=O.NC(=O)[C@H](CC1CCCCC1)NC(=O)c1ccc[se]1. The van der Waals surface area contributed by atoms with Crippen molar-refractivity contribution in [2.75, 3.05) is 6.54 Å². The van der Waals surface area contributed by atoms with Crippen LogP contribution < -0.4 is 11.1 Å². The van der Waals surface area contributed by atoms with Crippen LogP contribution >= 0.6 is 0 Å². The van der Waals surface area contributed by atoms with E-state index in [0.717, 1.165) is 36.5 Å². The molecule has 2 unspecified atom stereocenters. The van der Waals surface area contributed by atoms with Crippen LogP contribution in [0.2, 0.25) is 0 Å². The molecule has 2 aliphatic rings. The van der Waals surface area contributed by atoms with Crippen molar-refractivity contribution in [1.82, 2.24) is 14.6 Å². The molecule has 11 heteroatoms. The number of primary amides is 1. The summed E-state index contributed by atoms with van der Waals surface area (Å²) in [5.74, 6) is -0.129. The van der Waals surface area contributed by atoms with E-state index in [0.29, 0.717) is 12.3 Å². The summed E-state index contributed by atoms with van der Waals surface area (Å²) in [7, 11) is -3.71. The van der Waals surface area contributed by atoms with Crippen molar-refractivity contribution in [2.45, 2.75) is 88.7 Å². The first-order valence-electron chi connectivity index (χ1n) is 13.7. The number of nitrogens with zero attached hydrogens (tertiary/aromatic N) is 2. The Morgan fingerprint density at radius 2 is 1.82 bits per heavy atom. The molecule has 1 saturated heterocycles. The zero-order valence-electron chi connectivity index (χ0n) is 22.8. The molecule has 0 bridgehead atoms. The molecule has 4 rings (SSSR count). The molecule has 2 fully saturated rings. The fourth-order valence-corrected chi connectivity index (χ4v) is 7.95. The minimum atomic E-state index is -3.71. The van der Waals surface area contributed by atoms with Gasteiger partial charge in [0.1, 0.15) is 0 Å². The maximum absolute atomic E-state index is 12.6. The van der Waals surface area contributed by atoms with Crippen LogP contribution in [0.5, 0.6) is 0 Å². The number of aromatic nitrogens is 1. The third-order valence-electron chi connectivity index (χ3n) is 7.51. The van der Waals surface area contributed by atoms with Crippen LogP contribution in [-0.2, 0) is 19.6 Å². The van der Waals surface area contributed by atoms with Gasteiger partial charge in [-0.2, -0.15) is 4.31 Å². The normalized spacial score (nSPS) is 22.1. The van der Waals surface area contributed by atoms with Crippen molar-refractivity contribution in [2.24, 2.45) is 17.6 Å². The van der Waals surface area contributed by atoms with Crippen molar-refractivity contribution in [3.8, 4) is 0 Å². The number of nitrogens with one attached hydrogen (secondary N) is 1. The van der Waals surface area contributed by atoms with Gasteiger partial charge in [0.05, 0.1) is 6.54 Å². The number of ketones is 1. The van der Waals surface area contributed by atoms with Crippen LogP contribution in [-0.4, -0.2) is 68.4 Å². The fraction of sp³-hybridized carbons (Fsp3) is 0.571. The van der Waals surface area contributed by atoms with Gasteiger partial charge in [-0.1, -0.05) is 19.4 Å². The van der Waals surface area contributed by atoms with Crippen LogP contribution in [0.25, 0.3) is 0 Å². The molecular weight excluding hydrogens is 583 g/mol. The van der Waals surface area contributed by atoms with Gasteiger partial charge in [-0.05, 0) is 31.9 Å². The second kappa shape index (κ2) is 14.9. The molecule has 3 N–H and O–H groups in total. The molecule has 2 aromatic rings. The minimum absolute atomic E-state index is 0.00729. The van der Waals surface area contributed by atoms with Gasteiger partial charge in [0.15, 0.2) is 10.8 Å². The number of nitrogens with two attached hydrogens (primary N) is 1. The molecule has 9 nitrogen and oxygen atoms in total. The Morgan fingerprint density at radius 3 is 2.44 bits per heavy atom. The molecule has 0 radical (unpaired) electrons. The Bertz CT molecular complexity index is 1180. The number of rotatable bonds is 7. The molecule has 39 heavy (non-hydrogen) atoms. The Morgan fingerprint density at radius 1 is 1.08 bits per heavy atom. The number of pyridine rings is 1. The second-order valence-corrected chi connectivity index (χ2v) is 14.3. The van der Waals surface area contributed by atoms with Crippen LogP contribution in [0.15, 0.2) is 46.5 Å². The summed E-state index contributed by atoms with van der Waals surface area (Å²) in [6.07, 6.45) is 10.6. The third-order valence-corrected chi connectivity index (χ3v) is 11.2. The number of carbonyl (C=O) groups is 3. The zero-order valence-corrected chi connectivity index (χ0v) is 25.3. The summed E-state index contributed by atoms with van der Waals surface area (Å²) in [5, 5.41) is 2.81. The second-order valence-electron chi connectivity index (χ2n) is 10.5. The molecular formula is C28H40N4O5SSe. The topological polar surface area (TPSA) is 140 Å². The quantitative estimate of drug-likeness (QED) is 0.455. The molecule has 0 spiro atoms. The molecule has 0 aromatic carbocycles. The van der Waals surface area contributed by atoms with Gasteiger partial charge in [-0.15, -0.1) is 0 Å². The Hall–Kier alpha value is -2.33. The van der Waals surface area contributed by atoms with Gasteiger partial charge in [-0.25, -0.2) is 13.4 Å². The number of hydrogen-bond acceptors (Lipinski definition) is 6. The summed E-state index contributed by atoms with van der Waals surface area (Å²) in [6, 6.07) is 7.77. The number of Topliss-reactive ketones (excluding diaryl/α,β-unsaturated/α-hetero) is 1. The van der Waals surface area contributed by atoms with Gasteiger partial charge >= 0.3 is 119 Å². The van der Waals surface area contributed by atoms with Crippen molar-refractivity contribution in [3.63, 3.8) is 0 Å². The first kappa shape index (κ1) is 31.2. The molecule has 1 aliphatic carbocycles. The van der Waals surface area contributed by atoms with Gasteiger partial charge in [0.2, 0.25) is 0 Å². The standard InChI is InChI=1S/C14H20N2O3S.C14H20N2O2Se/c1-11-6-5-7-12(2)16(10-13(11)17)20(18,19)14-8-3-4-9-15-14;15-13(17)11(9-10-5-2-1-3-6-10)16-14(18)12-7-4-8-19-12/h3-4,8-9,11-12H,5-7,10H2,1-2H3;4,7-8,10-11H,1-3,5-6,9H2,(H2,15,17)(H,16,18)/t;11-/m.0/s1. The predicted octanol–water partition coefficient (Wildman–Crippen LogP) is 3.15. The Balaban J connectivity index is 0.000000216. The summed E-state index contributed by atoms with van der Waals surface area (Å²) >= 11 is 0.0944. The fourth-order valence-electron chi connectivity index (χ4n) is 5.07. The summed E-state index contributed by atoms with van der Waals surface area (Å²) in [5.41, 5.74) is 5.42. The molecule has 3 heterocycles. The van der Waals surface area contributed by atoms with E-state index in [1.165, 1.54) is 35.8 Å². The van der Waals surface area contributed by atoms with Gasteiger partial charge < -0.3 is 0 Å². The van der Waals surface area contributed by atoms with Crippen LogP contribution in [0.1, 0.15) is 80.9 Å². The van der Waals surface area contributed by atoms with Crippen molar-refractivity contribution < 1.29 is 22.8 Å². The van der Waals surface area contributed by atoms with E-state index in [4.69, 9.17) is 5.73 Å². The number of sulfonamides is 1. The zero-order chi connectivity index (χ0) is 28.4. The number of carbonyl (C=O) groups excluding carboxylic acids is 3. The first-order chi connectivity index (χ1) is 18.6. The van der Waals surface area contributed by atoms with Gasteiger partial charge in [0, 0.05) is 18.2 Å². The van der Waals surface area contributed by atoms with Crippen LogP contribution in [0.4, 0.5) is 0 Å². The number of hydrogen-bond donors (Lipinski definition) is 2. The van der Waals surface area contributed by atoms with Crippen molar-refractivity contribution >= 4 is 42.1 Å².